The van der Waals surface area contributed by atoms with Gasteiger partial charge in [-0.25, -0.2) is 8.42 Å². The van der Waals surface area contributed by atoms with Crippen LogP contribution in [0.3, 0.4) is 0 Å². The zero-order valence-electron chi connectivity index (χ0n) is 16.8. The second-order valence-electron chi connectivity index (χ2n) is 7.02. The van der Waals surface area contributed by atoms with E-state index >= 15 is 0 Å². The SMILES string of the molecule is CCc1ccc(N([C@H](C)C(=O)Nc2c(C)cc(C)cc2C)S(C)(=O)=O)cc1. The van der Waals surface area contributed by atoms with E-state index in [2.05, 4.69) is 5.32 Å². The standard InChI is InChI=1S/C21H28N2O3S/c1-7-18-8-10-19(11-9-18)23(27(6,25)26)17(5)21(24)22-20-15(3)12-14(2)13-16(20)4/h8-13,17H,7H2,1-6H3,(H,22,24)/t17-/m1/s1. The molecule has 2 aromatic rings. The first-order valence-electron chi connectivity index (χ1n) is 9.01. The number of nitrogens with one attached hydrogen (secondary N) is 1. The van der Waals surface area contributed by atoms with E-state index in [4.69, 9.17) is 0 Å². The molecule has 1 amide bonds. The van der Waals surface area contributed by atoms with E-state index in [9.17, 15) is 13.2 Å². The third kappa shape index (κ3) is 4.89. The predicted molar refractivity (Wildman–Crippen MR) is 112 cm³/mol. The summed E-state index contributed by atoms with van der Waals surface area (Å²) >= 11 is 0. The van der Waals surface area contributed by atoms with Crippen molar-refractivity contribution in [2.45, 2.75) is 47.1 Å². The van der Waals surface area contributed by atoms with Crippen LogP contribution in [0.25, 0.3) is 0 Å². The molecular formula is C21H28N2O3S. The van der Waals surface area contributed by atoms with E-state index in [-0.39, 0.29) is 5.91 Å². The van der Waals surface area contributed by atoms with Crippen LogP contribution in [0, 0.1) is 20.8 Å². The number of nitrogens with zero attached hydrogens (tertiary/aromatic N) is 1. The van der Waals surface area contributed by atoms with E-state index in [1.54, 1.807) is 19.1 Å². The van der Waals surface area contributed by atoms with Gasteiger partial charge in [-0.1, -0.05) is 36.8 Å². The molecule has 0 aliphatic carbocycles. The Morgan fingerprint density at radius 1 is 1.07 bits per heavy atom. The van der Waals surface area contributed by atoms with Gasteiger partial charge in [-0.15, -0.1) is 0 Å². The van der Waals surface area contributed by atoms with E-state index in [0.717, 1.165) is 40.6 Å². The van der Waals surface area contributed by atoms with Gasteiger partial charge in [0.25, 0.3) is 0 Å². The minimum absolute atomic E-state index is 0.366. The first-order chi connectivity index (χ1) is 12.5. The van der Waals surface area contributed by atoms with E-state index in [0.29, 0.717) is 5.69 Å². The fourth-order valence-corrected chi connectivity index (χ4v) is 4.47. The highest BCUT2D eigenvalue weighted by atomic mass is 32.2. The van der Waals surface area contributed by atoms with Crippen LogP contribution in [0.1, 0.15) is 36.1 Å². The molecule has 0 spiro atoms. The highest BCUT2D eigenvalue weighted by Gasteiger charge is 2.29. The molecule has 2 aromatic carbocycles. The maximum Gasteiger partial charge on any atom is 0.248 e. The lowest BCUT2D eigenvalue weighted by Gasteiger charge is -2.28. The van der Waals surface area contributed by atoms with E-state index in [1.807, 2.05) is 52.0 Å². The smallest absolute Gasteiger partial charge is 0.248 e. The number of rotatable bonds is 6. The lowest BCUT2D eigenvalue weighted by molar-refractivity contribution is -0.116. The summed E-state index contributed by atoms with van der Waals surface area (Å²) in [5.41, 5.74) is 5.33. The van der Waals surface area contributed by atoms with Crippen LogP contribution in [-0.4, -0.2) is 26.6 Å². The predicted octanol–water partition coefficient (Wildman–Crippen LogP) is 3.97. The zero-order valence-corrected chi connectivity index (χ0v) is 17.6. The van der Waals surface area contributed by atoms with Crippen molar-refractivity contribution < 1.29 is 13.2 Å². The van der Waals surface area contributed by atoms with Crippen molar-refractivity contribution in [3.63, 3.8) is 0 Å². The summed E-state index contributed by atoms with van der Waals surface area (Å²) in [7, 11) is -3.63. The molecule has 0 saturated heterocycles. The Morgan fingerprint density at radius 2 is 1.59 bits per heavy atom. The monoisotopic (exact) mass is 388 g/mol. The molecule has 0 fully saturated rings. The Kier molecular flexibility index (Phi) is 6.31. The van der Waals surface area contributed by atoms with Crippen LogP contribution < -0.4 is 9.62 Å². The first kappa shape index (κ1) is 21.0. The number of carbonyl (C=O) groups excluding carboxylic acids is 1. The molecular weight excluding hydrogens is 360 g/mol. The van der Waals surface area contributed by atoms with Crippen LogP contribution in [0.4, 0.5) is 11.4 Å². The third-order valence-electron chi connectivity index (χ3n) is 4.61. The molecule has 27 heavy (non-hydrogen) atoms. The Hall–Kier alpha value is -2.34. The van der Waals surface area contributed by atoms with Gasteiger partial charge in [0.05, 0.1) is 11.9 Å². The molecule has 0 heterocycles. The average molecular weight is 389 g/mol. The second kappa shape index (κ2) is 8.13. The summed E-state index contributed by atoms with van der Waals surface area (Å²) in [6.07, 6.45) is 1.98. The summed E-state index contributed by atoms with van der Waals surface area (Å²) in [5.74, 6) is -0.366. The summed E-state index contributed by atoms with van der Waals surface area (Å²) in [5, 5.41) is 2.91. The Balaban J connectivity index is 2.35. The van der Waals surface area contributed by atoms with Gasteiger partial charge in [0, 0.05) is 5.69 Å². The molecule has 1 atom stereocenters. The van der Waals surface area contributed by atoms with Crippen molar-refractivity contribution in [2.75, 3.05) is 15.9 Å². The molecule has 0 radical (unpaired) electrons. The molecule has 2 rings (SSSR count). The average Bonchev–Trinajstić information content (AvgIpc) is 2.57. The minimum Gasteiger partial charge on any atom is -0.324 e. The van der Waals surface area contributed by atoms with Crippen molar-refractivity contribution >= 4 is 27.3 Å². The molecule has 5 nitrogen and oxygen atoms in total. The van der Waals surface area contributed by atoms with Crippen molar-refractivity contribution in [2.24, 2.45) is 0 Å². The summed E-state index contributed by atoms with van der Waals surface area (Å²) in [6.45, 7) is 9.49. The van der Waals surface area contributed by atoms with Gasteiger partial charge in [-0.3, -0.25) is 9.10 Å². The molecule has 0 bridgehead atoms. The van der Waals surface area contributed by atoms with E-state index < -0.39 is 16.1 Å². The van der Waals surface area contributed by atoms with Crippen LogP contribution in [0.15, 0.2) is 36.4 Å². The van der Waals surface area contributed by atoms with Crippen molar-refractivity contribution in [3.8, 4) is 0 Å². The molecule has 0 aromatic heterocycles. The highest BCUT2D eigenvalue weighted by Crippen LogP contribution is 2.25. The van der Waals surface area contributed by atoms with Crippen molar-refractivity contribution in [3.05, 3.63) is 58.7 Å². The molecule has 1 N–H and O–H groups in total. The fourth-order valence-electron chi connectivity index (χ4n) is 3.29. The molecule has 0 saturated carbocycles. The number of sulfonamides is 1. The molecule has 0 aliphatic heterocycles. The maximum absolute atomic E-state index is 12.9. The fraction of sp³-hybridized carbons (Fsp3) is 0.381. The van der Waals surface area contributed by atoms with Crippen LogP contribution >= 0.6 is 0 Å². The maximum atomic E-state index is 12.9. The zero-order chi connectivity index (χ0) is 20.4. The Bertz CT molecular complexity index is 911. The number of aryl methyl sites for hydroxylation is 4. The van der Waals surface area contributed by atoms with Gasteiger partial charge in [-0.2, -0.15) is 0 Å². The number of anilines is 2. The number of carbonyl (C=O) groups is 1. The third-order valence-corrected chi connectivity index (χ3v) is 5.85. The van der Waals surface area contributed by atoms with Crippen LogP contribution in [0.2, 0.25) is 0 Å². The van der Waals surface area contributed by atoms with Gasteiger partial charge in [0.2, 0.25) is 15.9 Å². The van der Waals surface area contributed by atoms with Gasteiger partial charge in [0.15, 0.2) is 0 Å². The lowest BCUT2D eigenvalue weighted by atomic mass is 10.0. The topological polar surface area (TPSA) is 66.5 Å². The number of hydrogen-bond acceptors (Lipinski definition) is 3. The summed E-state index contributed by atoms with van der Waals surface area (Å²) < 4.78 is 26.0. The molecule has 0 unspecified atom stereocenters. The largest absolute Gasteiger partial charge is 0.324 e. The van der Waals surface area contributed by atoms with Gasteiger partial charge in [0.1, 0.15) is 6.04 Å². The summed E-state index contributed by atoms with van der Waals surface area (Å²) in [4.78, 5) is 12.9. The molecule has 6 heteroatoms. The second-order valence-corrected chi connectivity index (χ2v) is 8.88. The lowest BCUT2D eigenvalue weighted by Crippen LogP contribution is -2.45. The Morgan fingerprint density at radius 3 is 2.04 bits per heavy atom. The van der Waals surface area contributed by atoms with Gasteiger partial charge >= 0.3 is 0 Å². The van der Waals surface area contributed by atoms with Crippen molar-refractivity contribution in [1.82, 2.24) is 0 Å². The first-order valence-corrected chi connectivity index (χ1v) is 10.9. The normalized spacial score (nSPS) is 12.5. The van der Waals surface area contributed by atoms with Crippen LogP contribution in [0.5, 0.6) is 0 Å². The minimum atomic E-state index is -3.63. The van der Waals surface area contributed by atoms with Gasteiger partial charge < -0.3 is 5.32 Å². The van der Waals surface area contributed by atoms with Gasteiger partial charge in [-0.05, 0) is 62.9 Å². The Labute approximate surface area is 162 Å². The number of amides is 1. The molecule has 0 aliphatic rings. The van der Waals surface area contributed by atoms with Crippen LogP contribution in [-0.2, 0) is 21.2 Å². The van der Waals surface area contributed by atoms with Crippen molar-refractivity contribution in [1.29, 1.82) is 0 Å². The quantitative estimate of drug-likeness (QED) is 0.814. The van der Waals surface area contributed by atoms with E-state index in [1.165, 1.54) is 4.31 Å². The number of hydrogen-bond donors (Lipinski definition) is 1. The number of benzene rings is 2. The highest BCUT2D eigenvalue weighted by molar-refractivity contribution is 7.92. The molecule has 146 valence electrons. The summed E-state index contributed by atoms with van der Waals surface area (Å²) in [6, 6.07) is 10.3.